The van der Waals surface area contributed by atoms with Crippen LogP contribution < -0.4 is 15.0 Å². The zero-order valence-corrected chi connectivity index (χ0v) is 21.3. The van der Waals surface area contributed by atoms with Crippen molar-refractivity contribution >= 4 is 45.5 Å². The second-order valence-electron chi connectivity index (χ2n) is 8.09. The molecule has 0 radical (unpaired) electrons. The Balaban J connectivity index is 0.00000420. The van der Waals surface area contributed by atoms with Gasteiger partial charge in [-0.1, -0.05) is 26.0 Å². The minimum absolute atomic E-state index is 0. The van der Waals surface area contributed by atoms with E-state index in [1.807, 2.05) is 18.2 Å². The number of benzene rings is 1. The molecule has 29 heavy (non-hydrogen) atoms. The largest absolute Gasteiger partial charge is 0.495 e. The molecule has 1 N–H and O–H groups in total. The number of anilines is 1. The molecule has 0 spiro atoms. The predicted molar refractivity (Wildman–Crippen MR) is 132 cm³/mol. The van der Waals surface area contributed by atoms with Gasteiger partial charge in [-0.05, 0) is 24.0 Å². The maximum absolute atomic E-state index is 11.4. The quantitative estimate of drug-likeness (QED) is 0.327. The summed E-state index contributed by atoms with van der Waals surface area (Å²) < 4.78 is 28.4. The van der Waals surface area contributed by atoms with Crippen LogP contribution in [-0.2, 0) is 9.84 Å². The number of piperazine rings is 1. The number of ether oxygens (including phenoxy) is 1. The van der Waals surface area contributed by atoms with Gasteiger partial charge in [0.1, 0.15) is 15.6 Å². The normalized spacial score (nSPS) is 15.7. The molecule has 0 saturated carbocycles. The van der Waals surface area contributed by atoms with Crippen LogP contribution >= 0.6 is 24.0 Å². The Labute approximate surface area is 192 Å². The van der Waals surface area contributed by atoms with Gasteiger partial charge in [0.05, 0.1) is 18.6 Å². The Bertz CT molecular complexity index is 776. The van der Waals surface area contributed by atoms with Crippen LogP contribution in [0, 0.1) is 5.41 Å². The molecule has 0 bridgehead atoms. The number of methoxy groups -OCH3 is 1. The molecule has 1 aliphatic rings. The van der Waals surface area contributed by atoms with E-state index in [0.717, 1.165) is 43.6 Å². The fraction of sp³-hybridized carbons (Fsp3) is 0.650. The van der Waals surface area contributed by atoms with E-state index in [4.69, 9.17) is 4.74 Å². The molecule has 1 aliphatic heterocycles. The van der Waals surface area contributed by atoms with Crippen LogP contribution in [0.3, 0.4) is 0 Å². The van der Waals surface area contributed by atoms with Crippen molar-refractivity contribution in [2.75, 3.05) is 63.8 Å². The molecule has 7 nitrogen and oxygen atoms in total. The second-order valence-corrected chi connectivity index (χ2v) is 10.4. The molecule has 1 saturated heterocycles. The van der Waals surface area contributed by atoms with Crippen molar-refractivity contribution in [2.24, 2.45) is 10.4 Å². The SMILES string of the molecule is CN=C(NCC(C)(C)CCS(C)(=O)=O)N1CCN(c2ccccc2OC)CC1.I. The van der Waals surface area contributed by atoms with E-state index in [2.05, 4.69) is 40.0 Å². The fourth-order valence-corrected chi connectivity index (χ4v) is 4.17. The lowest BCUT2D eigenvalue weighted by molar-refractivity contribution is 0.326. The molecule has 9 heteroatoms. The molecule has 1 aromatic rings. The van der Waals surface area contributed by atoms with E-state index in [1.165, 1.54) is 6.26 Å². The first kappa shape index (κ1) is 25.8. The number of aliphatic imine (C=N–C) groups is 1. The number of hydrogen-bond acceptors (Lipinski definition) is 5. The summed E-state index contributed by atoms with van der Waals surface area (Å²) in [5.74, 6) is 1.97. The number of para-hydroxylation sites is 2. The first-order valence-corrected chi connectivity index (χ1v) is 11.7. The lowest BCUT2D eigenvalue weighted by atomic mass is 9.90. The minimum atomic E-state index is -2.94. The summed E-state index contributed by atoms with van der Waals surface area (Å²) >= 11 is 0. The van der Waals surface area contributed by atoms with Gasteiger partial charge in [-0.25, -0.2) is 8.42 Å². The van der Waals surface area contributed by atoms with E-state index >= 15 is 0 Å². The molecule has 0 atom stereocenters. The van der Waals surface area contributed by atoms with Crippen molar-refractivity contribution in [2.45, 2.75) is 20.3 Å². The molecule has 1 heterocycles. The van der Waals surface area contributed by atoms with E-state index in [-0.39, 0.29) is 35.1 Å². The smallest absolute Gasteiger partial charge is 0.193 e. The Morgan fingerprint density at radius 1 is 1.21 bits per heavy atom. The second kappa shape index (κ2) is 11.2. The molecule has 0 amide bonds. The number of nitrogens with one attached hydrogen (secondary N) is 1. The standard InChI is InChI=1S/C20H34N4O3S.HI/c1-20(2,10-15-28(5,25)26)16-22-19(21-3)24-13-11-23(12-14-24)17-8-6-7-9-18(17)27-4;/h6-9H,10-16H2,1-5H3,(H,21,22);1H. The highest BCUT2D eigenvalue weighted by Crippen LogP contribution is 2.28. The van der Waals surface area contributed by atoms with E-state index < -0.39 is 9.84 Å². The highest BCUT2D eigenvalue weighted by atomic mass is 127. The van der Waals surface area contributed by atoms with Gasteiger partial charge in [-0.3, -0.25) is 4.99 Å². The molecule has 0 unspecified atom stereocenters. The summed E-state index contributed by atoms with van der Waals surface area (Å²) in [5.41, 5.74) is 0.993. The highest BCUT2D eigenvalue weighted by molar-refractivity contribution is 14.0. The van der Waals surface area contributed by atoms with Crippen LogP contribution in [0.15, 0.2) is 29.3 Å². The van der Waals surface area contributed by atoms with Crippen molar-refractivity contribution < 1.29 is 13.2 Å². The van der Waals surface area contributed by atoms with Crippen molar-refractivity contribution in [3.05, 3.63) is 24.3 Å². The van der Waals surface area contributed by atoms with Crippen LogP contribution in [0.4, 0.5) is 5.69 Å². The monoisotopic (exact) mass is 538 g/mol. The molecule has 1 aromatic carbocycles. The van der Waals surface area contributed by atoms with Gasteiger partial charge in [0, 0.05) is 46.0 Å². The summed E-state index contributed by atoms with van der Waals surface area (Å²) in [6.45, 7) is 8.35. The Morgan fingerprint density at radius 3 is 2.38 bits per heavy atom. The number of hydrogen-bond donors (Lipinski definition) is 1. The lowest BCUT2D eigenvalue weighted by Crippen LogP contribution is -2.53. The zero-order valence-electron chi connectivity index (χ0n) is 18.1. The maximum atomic E-state index is 11.4. The fourth-order valence-electron chi connectivity index (χ4n) is 3.25. The van der Waals surface area contributed by atoms with E-state index in [9.17, 15) is 8.42 Å². The van der Waals surface area contributed by atoms with Gasteiger partial charge in [0.15, 0.2) is 5.96 Å². The first-order chi connectivity index (χ1) is 13.1. The van der Waals surface area contributed by atoms with Gasteiger partial charge < -0.3 is 19.9 Å². The summed E-state index contributed by atoms with van der Waals surface area (Å²) in [6, 6.07) is 8.09. The van der Waals surface area contributed by atoms with Gasteiger partial charge >= 0.3 is 0 Å². The Hall–Kier alpha value is -1.23. The summed E-state index contributed by atoms with van der Waals surface area (Å²) in [5, 5.41) is 3.43. The average Bonchev–Trinajstić information content (AvgIpc) is 2.67. The molecule has 166 valence electrons. The van der Waals surface area contributed by atoms with E-state index in [0.29, 0.717) is 13.0 Å². The first-order valence-electron chi connectivity index (χ1n) is 9.66. The molecular weight excluding hydrogens is 503 g/mol. The van der Waals surface area contributed by atoms with Crippen molar-refractivity contribution in [1.82, 2.24) is 10.2 Å². The van der Waals surface area contributed by atoms with Crippen LogP contribution in [0.1, 0.15) is 20.3 Å². The number of halogens is 1. The van der Waals surface area contributed by atoms with Crippen LogP contribution in [-0.4, -0.2) is 78.2 Å². The summed E-state index contributed by atoms with van der Waals surface area (Å²) in [4.78, 5) is 9.01. The Morgan fingerprint density at radius 2 is 1.83 bits per heavy atom. The third-order valence-electron chi connectivity index (χ3n) is 5.09. The highest BCUT2D eigenvalue weighted by Gasteiger charge is 2.24. The van der Waals surface area contributed by atoms with Crippen LogP contribution in [0.25, 0.3) is 0 Å². The lowest BCUT2D eigenvalue weighted by Gasteiger charge is -2.38. The van der Waals surface area contributed by atoms with Gasteiger partial charge in [-0.2, -0.15) is 0 Å². The number of sulfone groups is 1. The maximum Gasteiger partial charge on any atom is 0.193 e. The third-order valence-corrected chi connectivity index (χ3v) is 6.04. The zero-order chi connectivity index (χ0) is 20.8. The van der Waals surface area contributed by atoms with Crippen molar-refractivity contribution in [3.63, 3.8) is 0 Å². The third kappa shape index (κ3) is 8.19. The predicted octanol–water partition coefficient (Wildman–Crippen LogP) is 2.47. The summed E-state index contributed by atoms with van der Waals surface area (Å²) in [7, 11) is 0.546. The Kier molecular flexibility index (Phi) is 10.0. The van der Waals surface area contributed by atoms with Crippen molar-refractivity contribution in [3.8, 4) is 5.75 Å². The molecule has 0 aromatic heterocycles. The van der Waals surface area contributed by atoms with Crippen LogP contribution in [0.2, 0.25) is 0 Å². The van der Waals surface area contributed by atoms with Gasteiger partial charge in [-0.15, -0.1) is 24.0 Å². The van der Waals surface area contributed by atoms with Gasteiger partial charge in [0.2, 0.25) is 0 Å². The van der Waals surface area contributed by atoms with Gasteiger partial charge in [0.25, 0.3) is 0 Å². The summed E-state index contributed by atoms with van der Waals surface area (Å²) in [6.07, 6.45) is 1.91. The molecule has 2 rings (SSSR count). The molecule has 1 fully saturated rings. The molecular formula is C20H35IN4O3S. The molecule has 0 aliphatic carbocycles. The number of guanidine groups is 1. The number of nitrogens with zero attached hydrogens (tertiary/aromatic N) is 3. The minimum Gasteiger partial charge on any atom is -0.495 e. The van der Waals surface area contributed by atoms with Crippen LogP contribution in [0.5, 0.6) is 5.75 Å². The average molecular weight is 538 g/mol. The topological polar surface area (TPSA) is 74.2 Å². The number of rotatable bonds is 7. The van der Waals surface area contributed by atoms with Crippen molar-refractivity contribution in [1.29, 1.82) is 0 Å². The van der Waals surface area contributed by atoms with E-state index in [1.54, 1.807) is 14.2 Å².